The van der Waals surface area contributed by atoms with Crippen molar-refractivity contribution >= 4 is 47.7 Å². The molecule has 4 N–H and O–H groups in total. The zero-order valence-electron chi connectivity index (χ0n) is 11.2. The number of unbranched alkanes of at least 4 members (excludes halogenated alkanes) is 5. The summed E-state index contributed by atoms with van der Waals surface area (Å²) in [4.78, 5) is 18.1. The van der Waals surface area contributed by atoms with E-state index in [4.69, 9.17) is 30.3 Å². The van der Waals surface area contributed by atoms with Crippen LogP contribution in [0.3, 0.4) is 0 Å². The van der Waals surface area contributed by atoms with E-state index in [0.29, 0.717) is 12.8 Å². The van der Waals surface area contributed by atoms with Gasteiger partial charge in [-0.2, -0.15) is 0 Å². The van der Waals surface area contributed by atoms with Gasteiger partial charge in [0.1, 0.15) is 6.21 Å². The first-order valence-corrected chi connectivity index (χ1v) is 5.96. The van der Waals surface area contributed by atoms with E-state index in [9.17, 15) is 0 Å². The summed E-state index contributed by atoms with van der Waals surface area (Å²) >= 11 is 0. The molecular weight excluding hydrogens is 261 g/mol. The van der Waals surface area contributed by atoms with Crippen molar-refractivity contribution < 1.29 is 24.9 Å². The van der Waals surface area contributed by atoms with E-state index >= 15 is 0 Å². The zero-order chi connectivity index (χ0) is 14.8. The predicted molar refractivity (Wildman–Crippen MR) is 77.3 cm³/mol. The van der Waals surface area contributed by atoms with Crippen LogP contribution in [0.2, 0.25) is 0 Å². The van der Waals surface area contributed by atoms with Gasteiger partial charge in [-0.25, -0.2) is 4.79 Å². The van der Waals surface area contributed by atoms with Gasteiger partial charge in [-0.05, 0) is 6.42 Å². The van der Waals surface area contributed by atoms with Crippen molar-refractivity contribution in [2.24, 2.45) is 0 Å². The first-order valence-electron chi connectivity index (χ1n) is 5.96. The molecule has 7 heteroatoms. The van der Waals surface area contributed by atoms with Crippen molar-refractivity contribution in [3.63, 3.8) is 0 Å². The van der Waals surface area contributed by atoms with Crippen molar-refractivity contribution in [3.05, 3.63) is 0 Å². The molecule has 0 spiro atoms. The van der Waals surface area contributed by atoms with Gasteiger partial charge in [-0.15, -0.1) is 0 Å². The molecule has 0 radical (unpaired) electrons. The van der Waals surface area contributed by atoms with Gasteiger partial charge in [0.15, 0.2) is 0 Å². The number of aliphatic hydroxyl groups excluding tert-OH is 1. The van der Waals surface area contributed by atoms with E-state index < -0.39 is 11.9 Å². The molecule has 0 bridgehead atoms. The molecule has 0 saturated heterocycles. The van der Waals surface area contributed by atoms with E-state index in [1.165, 1.54) is 32.1 Å². The van der Waals surface area contributed by atoms with E-state index in [1.54, 1.807) is 0 Å². The number of nitrogens with one attached hydrogen (secondary N) is 1. The Morgan fingerprint density at radius 3 is 1.63 bits per heavy atom. The summed E-state index contributed by atoms with van der Waals surface area (Å²) in [7, 11) is 0. The van der Waals surface area contributed by atoms with Crippen LogP contribution in [0, 0.1) is 5.41 Å². The third-order valence-electron chi connectivity index (χ3n) is 1.64. The monoisotopic (exact) mass is 287 g/mol. The molecule has 0 aromatic carbocycles. The Labute approximate surface area is 137 Å². The number of rotatable bonds is 7. The molecule has 0 aromatic heterocycles. The SMILES string of the molecule is CC(=O)O.CCCCCCCCO.N=CC(=O)O.[NaH]. The molecule has 110 valence electrons. The first-order chi connectivity index (χ1) is 8.42. The Morgan fingerprint density at radius 1 is 1.05 bits per heavy atom. The molecule has 0 aliphatic carbocycles. The van der Waals surface area contributed by atoms with Crippen LogP contribution in [-0.2, 0) is 9.59 Å². The summed E-state index contributed by atoms with van der Waals surface area (Å²) in [5, 5.41) is 29.3. The van der Waals surface area contributed by atoms with E-state index in [0.717, 1.165) is 13.3 Å². The Bertz CT molecular complexity index is 202. The van der Waals surface area contributed by atoms with Gasteiger partial charge in [0.2, 0.25) is 0 Å². The number of aliphatic carboxylic acids is 2. The Morgan fingerprint density at radius 2 is 1.37 bits per heavy atom. The fraction of sp³-hybridized carbons (Fsp3) is 0.750. The number of carboxylic acids is 2. The average molecular weight is 287 g/mol. The molecule has 6 nitrogen and oxygen atoms in total. The van der Waals surface area contributed by atoms with Gasteiger partial charge < -0.3 is 20.7 Å². The Balaban J connectivity index is -0.0000000964. The van der Waals surface area contributed by atoms with Gasteiger partial charge in [-0.1, -0.05) is 39.0 Å². The third-order valence-corrected chi connectivity index (χ3v) is 1.64. The second kappa shape index (κ2) is 26.2. The molecule has 19 heavy (non-hydrogen) atoms. The normalized spacial score (nSPS) is 7.74. The molecule has 0 aliphatic rings. The van der Waals surface area contributed by atoms with Crippen molar-refractivity contribution in [3.8, 4) is 0 Å². The molecule has 0 saturated carbocycles. The molecule has 0 rings (SSSR count). The van der Waals surface area contributed by atoms with Gasteiger partial charge in [0.05, 0.1) is 0 Å². The van der Waals surface area contributed by atoms with Crippen molar-refractivity contribution in [2.45, 2.75) is 52.4 Å². The predicted octanol–water partition coefficient (Wildman–Crippen LogP) is 1.50. The van der Waals surface area contributed by atoms with Gasteiger partial charge >= 0.3 is 35.5 Å². The summed E-state index contributed by atoms with van der Waals surface area (Å²) in [5.74, 6) is -2.04. The fourth-order valence-electron chi connectivity index (χ4n) is 0.892. The van der Waals surface area contributed by atoms with Crippen LogP contribution in [0.5, 0.6) is 0 Å². The van der Waals surface area contributed by atoms with Crippen LogP contribution in [0.25, 0.3) is 0 Å². The maximum atomic E-state index is 9.12. The van der Waals surface area contributed by atoms with Crippen LogP contribution >= 0.6 is 0 Å². The summed E-state index contributed by atoms with van der Waals surface area (Å²) in [6.07, 6.45) is 7.83. The first kappa shape index (κ1) is 27.0. The van der Waals surface area contributed by atoms with Crippen molar-refractivity contribution in [1.29, 1.82) is 5.41 Å². The standard InChI is InChI=1S/C8H18O.C2H3NO2.C2H4O2.Na.H/c1-2-3-4-5-6-7-8-9;3-1-2(4)5;1-2(3)4;;/h9H,2-8H2,1H3;1,3H,(H,4,5);1H3,(H,3,4);;. The summed E-state index contributed by atoms with van der Waals surface area (Å²) in [6, 6.07) is 0. The number of hydrogen-bond acceptors (Lipinski definition) is 4. The molecule has 0 aliphatic heterocycles. The number of carbonyl (C=O) groups is 2. The molecule has 0 amide bonds. The molecule has 0 unspecified atom stereocenters. The van der Waals surface area contributed by atoms with Crippen LogP contribution in [-0.4, -0.2) is 69.6 Å². The second-order valence-corrected chi connectivity index (χ2v) is 3.49. The van der Waals surface area contributed by atoms with Crippen LogP contribution < -0.4 is 0 Å². The number of carboxylic acid groups (broad SMARTS) is 2. The van der Waals surface area contributed by atoms with Gasteiger partial charge in [0, 0.05) is 13.5 Å². The van der Waals surface area contributed by atoms with Crippen LogP contribution in [0.1, 0.15) is 52.4 Å². The molecule has 0 atom stereocenters. The molecule has 0 heterocycles. The third kappa shape index (κ3) is 74.3. The number of aliphatic hydroxyl groups is 1. The second-order valence-electron chi connectivity index (χ2n) is 3.49. The molecule has 0 aromatic rings. The van der Waals surface area contributed by atoms with Crippen LogP contribution in [0.4, 0.5) is 0 Å². The minimum atomic E-state index is -1.20. The molecular formula is C12H26NNaO5. The zero-order valence-corrected chi connectivity index (χ0v) is 11.2. The fourth-order valence-corrected chi connectivity index (χ4v) is 0.892. The maximum absolute atomic E-state index is 9.12. The van der Waals surface area contributed by atoms with E-state index in [1.807, 2.05) is 0 Å². The Hall–Kier alpha value is -0.430. The van der Waals surface area contributed by atoms with Gasteiger partial charge in [-0.3, -0.25) is 4.79 Å². The van der Waals surface area contributed by atoms with E-state index in [-0.39, 0.29) is 29.6 Å². The van der Waals surface area contributed by atoms with Crippen molar-refractivity contribution in [2.75, 3.05) is 6.61 Å². The topological polar surface area (TPSA) is 119 Å². The quantitative estimate of drug-likeness (QED) is 0.321. The Kier molecular flexibility index (Phi) is 37.2. The van der Waals surface area contributed by atoms with Gasteiger partial charge in [0.25, 0.3) is 5.97 Å². The van der Waals surface area contributed by atoms with E-state index in [2.05, 4.69) is 6.92 Å². The summed E-state index contributed by atoms with van der Waals surface area (Å²) in [5.41, 5.74) is 0. The van der Waals surface area contributed by atoms with Crippen LogP contribution in [0.15, 0.2) is 0 Å². The molecule has 0 fully saturated rings. The average Bonchev–Trinajstić information content (AvgIpc) is 2.29. The minimum absolute atomic E-state index is 0. The number of hydrogen-bond donors (Lipinski definition) is 4. The van der Waals surface area contributed by atoms with Crippen molar-refractivity contribution in [1.82, 2.24) is 0 Å². The summed E-state index contributed by atoms with van der Waals surface area (Å²) < 4.78 is 0. The summed E-state index contributed by atoms with van der Waals surface area (Å²) in [6.45, 7) is 3.66.